The Hall–Kier alpha value is -3.05. The van der Waals surface area contributed by atoms with Gasteiger partial charge < -0.3 is 4.57 Å². The lowest BCUT2D eigenvalue weighted by atomic mass is 10.1. The van der Waals surface area contributed by atoms with Crippen LogP contribution in [0.3, 0.4) is 0 Å². The Labute approximate surface area is 193 Å². The van der Waals surface area contributed by atoms with Crippen LogP contribution in [0.15, 0.2) is 59.5 Å². The topological polar surface area (TPSA) is 42.3 Å². The van der Waals surface area contributed by atoms with Crippen molar-refractivity contribution >= 4 is 29.0 Å². The summed E-state index contributed by atoms with van der Waals surface area (Å²) in [5.74, 6) is -0.190. The molecule has 164 valence electrons. The van der Waals surface area contributed by atoms with Gasteiger partial charge in [-0.3, -0.25) is 14.5 Å². The van der Waals surface area contributed by atoms with Crippen LogP contribution in [0.25, 0.3) is 11.8 Å². The SMILES string of the molecule is Cc1ccc(-n2c(C)cc(/C=C3/SC(=O)N(CCCc4ccccc4)C3=O)c2C)c(C)c1. The van der Waals surface area contributed by atoms with E-state index >= 15 is 0 Å². The molecule has 0 atom stereocenters. The standard InChI is InChI=1S/C27H28N2O2S/c1-18-12-13-24(19(2)15-18)29-20(3)16-23(21(29)4)17-25-26(30)28(27(31)32-25)14-8-11-22-9-6-5-7-10-22/h5-7,9-10,12-13,15-17H,8,11,14H2,1-4H3/b25-17+. The fourth-order valence-corrected chi connectivity index (χ4v) is 5.14. The summed E-state index contributed by atoms with van der Waals surface area (Å²) in [4.78, 5) is 27.3. The third-order valence-corrected chi connectivity index (χ3v) is 6.82. The molecule has 0 radical (unpaired) electrons. The molecular weight excluding hydrogens is 416 g/mol. The number of nitrogens with zero attached hydrogens (tertiary/aromatic N) is 2. The average Bonchev–Trinajstić information content (AvgIpc) is 3.18. The van der Waals surface area contributed by atoms with Gasteiger partial charge in [0.1, 0.15) is 0 Å². The number of rotatable bonds is 6. The zero-order chi connectivity index (χ0) is 22.8. The predicted octanol–water partition coefficient (Wildman–Crippen LogP) is 6.38. The lowest BCUT2D eigenvalue weighted by Gasteiger charge is -2.13. The third kappa shape index (κ3) is 4.44. The summed E-state index contributed by atoms with van der Waals surface area (Å²) in [6, 6.07) is 18.6. The van der Waals surface area contributed by atoms with E-state index in [2.05, 4.69) is 68.7 Å². The molecule has 1 fully saturated rings. The van der Waals surface area contributed by atoms with E-state index in [9.17, 15) is 9.59 Å². The number of carbonyl (C=O) groups is 2. The molecule has 1 aliphatic heterocycles. The van der Waals surface area contributed by atoms with Crippen molar-refractivity contribution in [2.75, 3.05) is 6.54 Å². The molecule has 1 aliphatic rings. The van der Waals surface area contributed by atoms with Crippen molar-refractivity contribution in [1.82, 2.24) is 9.47 Å². The predicted molar refractivity (Wildman–Crippen MR) is 132 cm³/mol. The van der Waals surface area contributed by atoms with Crippen molar-refractivity contribution in [3.63, 3.8) is 0 Å². The van der Waals surface area contributed by atoms with Crippen LogP contribution >= 0.6 is 11.8 Å². The van der Waals surface area contributed by atoms with Gasteiger partial charge in [0.05, 0.1) is 4.91 Å². The molecule has 2 amide bonds. The largest absolute Gasteiger partial charge is 0.318 e. The van der Waals surface area contributed by atoms with Gasteiger partial charge in [0, 0.05) is 23.6 Å². The quantitative estimate of drug-likeness (QED) is 0.414. The first-order valence-corrected chi connectivity index (χ1v) is 11.7. The first-order chi connectivity index (χ1) is 15.3. The Balaban J connectivity index is 1.53. The molecule has 0 aliphatic carbocycles. The van der Waals surface area contributed by atoms with E-state index in [1.54, 1.807) is 0 Å². The zero-order valence-corrected chi connectivity index (χ0v) is 19.8. The van der Waals surface area contributed by atoms with E-state index in [4.69, 9.17) is 0 Å². The van der Waals surface area contributed by atoms with Gasteiger partial charge >= 0.3 is 0 Å². The smallest absolute Gasteiger partial charge is 0.293 e. The van der Waals surface area contributed by atoms with E-state index in [1.165, 1.54) is 21.6 Å². The molecule has 0 saturated carbocycles. The number of carbonyl (C=O) groups excluding carboxylic acids is 2. The van der Waals surface area contributed by atoms with Crippen molar-refractivity contribution in [3.05, 3.63) is 93.1 Å². The molecule has 2 heterocycles. The summed E-state index contributed by atoms with van der Waals surface area (Å²) in [7, 11) is 0. The van der Waals surface area contributed by atoms with Crippen molar-refractivity contribution in [1.29, 1.82) is 0 Å². The van der Waals surface area contributed by atoms with E-state index in [0.717, 1.165) is 47.2 Å². The van der Waals surface area contributed by atoms with Gasteiger partial charge in [0.15, 0.2) is 0 Å². The minimum Gasteiger partial charge on any atom is -0.318 e. The van der Waals surface area contributed by atoms with Crippen LogP contribution in [-0.4, -0.2) is 27.2 Å². The van der Waals surface area contributed by atoms with Gasteiger partial charge in [-0.15, -0.1) is 0 Å². The minimum atomic E-state index is -0.190. The van der Waals surface area contributed by atoms with Crippen LogP contribution in [0.1, 0.15) is 40.1 Å². The molecule has 1 aromatic heterocycles. The maximum Gasteiger partial charge on any atom is 0.293 e. The molecule has 0 unspecified atom stereocenters. The summed E-state index contributed by atoms with van der Waals surface area (Å²) in [6.07, 6.45) is 3.47. The van der Waals surface area contributed by atoms with E-state index < -0.39 is 0 Å². The molecule has 2 aromatic carbocycles. The van der Waals surface area contributed by atoms with Crippen LogP contribution in [0.4, 0.5) is 4.79 Å². The molecule has 4 rings (SSSR count). The lowest BCUT2D eigenvalue weighted by Crippen LogP contribution is -2.29. The summed E-state index contributed by atoms with van der Waals surface area (Å²) in [6.45, 7) is 8.77. The van der Waals surface area contributed by atoms with Gasteiger partial charge in [-0.05, 0) is 87.2 Å². The molecule has 3 aromatic rings. The van der Waals surface area contributed by atoms with Crippen LogP contribution in [0.5, 0.6) is 0 Å². The number of aromatic nitrogens is 1. The normalized spacial score (nSPS) is 15.2. The number of hydrogen-bond donors (Lipinski definition) is 0. The maximum atomic E-state index is 12.9. The van der Waals surface area contributed by atoms with E-state index in [1.807, 2.05) is 24.3 Å². The Morgan fingerprint density at radius 3 is 2.41 bits per heavy atom. The fraction of sp³-hybridized carbons (Fsp3) is 0.259. The van der Waals surface area contributed by atoms with E-state index in [0.29, 0.717) is 11.4 Å². The van der Waals surface area contributed by atoms with Crippen LogP contribution in [0, 0.1) is 27.7 Å². The monoisotopic (exact) mass is 444 g/mol. The number of thioether (sulfide) groups is 1. The Morgan fingerprint density at radius 2 is 1.69 bits per heavy atom. The van der Waals surface area contributed by atoms with Crippen molar-refractivity contribution in [2.24, 2.45) is 0 Å². The molecule has 4 nitrogen and oxygen atoms in total. The number of imide groups is 1. The number of benzene rings is 2. The molecule has 1 saturated heterocycles. The maximum absolute atomic E-state index is 12.9. The second-order valence-corrected chi connectivity index (χ2v) is 9.37. The van der Waals surface area contributed by atoms with Gasteiger partial charge in [0.25, 0.3) is 11.1 Å². The van der Waals surface area contributed by atoms with E-state index in [-0.39, 0.29) is 11.1 Å². The lowest BCUT2D eigenvalue weighted by molar-refractivity contribution is -0.122. The van der Waals surface area contributed by atoms with Crippen LogP contribution in [0.2, 0.25) is 0 Å². The third-order valence-electron chi connectivity index (χ3n) is 5.91. The fourth-order valence-electron chi connectivity index (χ4n) is 4.28. The van der Waals surface area contributed by atoms with Gasteiger partial charge in [-0.25, -0.2) is 0 Å². The Morgan fingerprint density at radius 1 is 0.938 bits per heavy atom. The molecule has 5 heteroatoms. The zero-order valence-electron chi connectivity index (χ0n) is 19.0. The minimum absolute atomic E-state index is 0.183. The molecule has 0 bridgehead atoms. The Kier molecular flexibility index (Phi) is 6.38. The molecule has 0 N–H and O–H groups in total. The molecular formula is C27H28N2O2S. The number of amides is 2. The first kappa shape index (κ1) is 22.2. The number of aryl methyl sites for hydroxylation is 4. The highest BCUT2D eigenvalue weighted by Gasteiger charge is 2.34. The van der Waals surface area contributed by atoms with Gasteiger partial charge in [-0.1, -0.05) is 48.0 Å². The summed E-state index contributed by atoms with van der Waals surface area (Å²) < 4.78 is 2.21. The van der Waals surface area contributed by atoms with Crippen LogP contribution in [-0.2, 0) is 11.2 Å². The van der Waals surface area contributed by atoms with Crippen molar-refractivity contribution in [2.45, 2.75) is 40.5 Å². The number of hydrogen-bond acceptors (Lipinski definition) is 3. The Bertz CT molecular complexity index is 1210. The highest BCUT2D eigenvalue weighted by molar-refractivity contribution is 8.18. The van der Waals surface area contributed by atoms with Crippen molar-refractivity contribution in [3.8, 4) is 5.69 Å². The average molecular weight is 445 g/mol. The highest BCUT2D eigenvalue weighted by Crippen LogP contribution is 2.34. The highest BCUT2D eigenvalue weighted by atomic mass is 32.2. The van der Waals surface area contributed by atoms with Gasteiger partial charge in [-0.2, -0.15) is 0 Å². The second-order valence-electron chi connectivity index (χ2n) is 8.37. The van der Waals surface area contributed by atoms with Crippen molar-refractivity contribution < 1.29 is 9.59 Å². The van der Waals surface area contributed by atoms with Crippen LogP contribution < -0.4 is 0 Å². The summed E-state index contributed by atoms with van der Waals surface area (Å²) in [5.41, 5.74) is 7.92. The second kappa shape index (κ2) is 9.21. The molecule has 0 spiro atoms. The summed E-state index contributed by atoms with van der Waals surface area (Å²) in [5, 5.41) is -0.183. The first-order valence-electron chi connectivity index (χ1n) is 10.9. The summed E-state index contributed by atoms with van der Waals surface area (Å²) >= 11 is 1.04. The van der Waals surface area contributed by atoms with Gasteiger partial charge in [0.2, 0.25) is 0 Å². The molecule has 32 heavy (non-hydrogen) atoms.